The first kappa shape index (κ1) is 8.96. The summed E-state index contributed by atoms with van der Waals surface area (Å²) in [6, 6.07) is 0. The number of sulfonamides is 1. The lowest BCUT2D eigenvalue weighted by molar-refractivity contribution is 0.259. The van der Waals surface area contributed by atoms with Crippen LogP contribution in [0.1, 0.15) is 19.3 Å². The van der Waals surface area contributed by atoms with Gasteiger partial charge in [0.25, 0.3) is 0 Å². The first-order chi connectivity index (χ1) is 5.02. The molecule has 1 rings (SSSR count). The molecular weight excluding hydrogens is 164 g/mol. The van der Waals surface area contributed by atoms with E-state index in [0.29, 0.717) is 6.54 Å². The van der Waals surface area contributed by atoms with Gasteiger partial charge in [0.05, 0.1) is 12.4 Å². The van der Waals surface area contributed by atoms with Crippen molar-refractivity contribution in [2.24, 2.45) is 5.73 Å². The van der Waals surface area contributed by atoms with Gasteiger partial charge in [-0.25, -0.2) is 8.42 Å². The number of hydrogen-bond donors (Lipinski definition) is 1. The van der Waals surface area contributed by atoms with Crippen LogP contribution in [0.2, 0.25) is 0 Å². The number of nitrogens with two attached hydrogens (primary N) is 1. The van der Waals surface area contributed by atoms with Gasteiger partial charge in [0.15, 0.2) is 0 Å². The molecule has 0 aliphatic carbocycles. The summed E-state index contributed by atoms with van der Waals surface area (Å²) in [7, 11) is -3.07. The Morgan fingerprint density at radius 2 is 2.09 bits per heavy atom. The molecule has 1 fully saturated rings. The van der Waals surface area contributed by atoms with Crippen LogP contribution in [0.5, 0.6) is 0 Å². The Morgan fingerprint density at radius 1 is 1.45 bits per heavy atom. The van der Waals surface area contributed by atoms with Gasteiger partial charge in [-0.15, -0.1) is 0 Å². The minimum atomic E-state index is -3.07. The normalized spacial score (nSPS) is 28.7. The molecule has 1 atom stereocenters. The second-order valence-corrected chi connectivity index (χ2v) is 4.87. The number of rotatable bonds is 1. The van der Waals surface area contributed by atoms with Crippen LogP contribution in [0, 0.1) is 0 Å². The van der Waals surface area contributed by atoms with Gasteiger partial charge in [-0.05, 0) is 19.3 Å². The van der Waals surface area contributed by atoms with E-state index in [1.54, 1.807) is 0 Å². The highest BCUT2D eigenvalue weighted by molar-refractivity contribution is 7.88. The third kappa shape index (κ3) is 2.15. The molecule has 4 nitrogen and oxygen atoms in total. The summed E-state index contributed by atoms with van der Waals surface area (Å²) in [6.45, 7) is 0.583. The van der Waals surface area contributed by atoms with E-state index >= 15 is 0 Å². The van der Waals surface area contributed by atoms with E-state index in [4.69, 9.17) is 5.73 Å². The van der Waals surface area contributed by atoms with Crippen LogP contribution in [0.15, 0.2) is 0 Å². The van der Waals surface area contributed by atoms with Crippen molar-refractivity contribution in [3.63, 3.8) is 0 Å². The molecule has 0 bridgehead atoms. The lowest BCUT2D eigenvalue weighted by Gasteiger charge is -2.30. The van der Waals surface area contributed by atoms with E-state index in [1.165, 1.54) is 10.6 Å². The Kier molecular flexibility index (Phi) is 2.51. The van der Waals surface area contributed by atoms with Crippen molar-refractivity contribution in [1.82, 2.24) is 4.31 Å². The van der Waals surface area contributed by atoms with E-state index < -0.39 is 10.0 Å². The van der Waals surface area contributed by atoms with Gasteiger partial charge < -0.3 is 5.73 Å². The second-order valence-electron chi connectivity index (χ2n) is 2.94. The van der Waals surface area contributed by atoms with Crippen LogP contribution in [-0.4, -0.2) is 31.7 Å². The third-order valence-corrected chi connectivity index (χ3v) is 3.23. The molecule has 0 spiro atoms. The van der Waals surface area contributed by atoms with Gasteiger partial charge in [0, 0.05) is 6.54 Å². The molecule has 0 saturated carbocycles. The average Bonchev–Trinajstić information content (AvgIpc) is 1.86. The van der Waals surface area contributed by atoms with Crippen molar-refractivity contribution in [3.05, 3.63) is 0 Å². The van der Waals surface area contributed by atoms with E-state index in [1.807, 2.05) is 0 Å². The first-order valence-corrected chi connectivity index (χ1v) is 5.59. The molecule has 11 heavy (non-hydrogen) atoms. The minimum absolute atomic E-state index is 0.293. The quantitative estimate of drug-likeness (QED) is 0.600. The zero-order valence-corrected chi connectivity index (χ0v) is 7.47. The van der Waals surface area contributed by atoms with Crippen LogP contribution in [-0.2, 0) is 10.0 Å². The zero-order chi connectivity index (χ0) is 8.48. The maximum Gasteiger partial charge on any atom is 0.212 e. The largest absolute Gasteiger partial charge is 0.315 e. The highest BCUT2D eigenvalue weighted by Crippen LogP contribution is 2.15. The summed E-state index contributed by atoms with van der Waals surface area (Å²) in [6.07, 6.45) is 3.66. The molecule has 1 aliphatic heterocycles. The average molecular weight is 178 g/mol. The van der Waals surface area contributed by atoms with Crippen LogP contribution in [0.25, 0.3) is 0 Å². The molecule has 5 heteroatoms. The van der Waals surface area contributed by atoms with E-state index in [2.05, 4.69) is 0 Å². The molecule has 2 N–H and O–H groups in total. The summed E-state index contributed by atoms with van der Waals surface area (Å²) in [4.78, 5) is 0. The van der Waals surface area contributed by atoms with Gasteiger partial charge >= 0.3 is 0 Å². The maximum absolute atomic E-state index is 11.0. The van der Waals surface area contributed by atoms with E-state index in [0.717, 1.165) is 19.3 Å². The van der Waals surface area contributed by atoms with Gasteiger partial charge in [0.2, 0.25) is 10.0 Å². The number of hydrogen-bond acceptors (Lipinski definition) is 3. The first-order valence-electron chi connectivity index (χ1n) is 3.74. The molecule has 1 saturated heterocycles. The molecule has 1 heterocycles. The Balaban J connectivity index is 2.70. The molecule has 1 unspecified atom stereocenters. The van der Waals surface area contributed by atoms with Crippen molar-refractivity contribution in [2.45, 2.75) is 25.4 Å². The monoisotopic (exact) mass is 178 g/mol. The van der Waals surface area contributed by atoms with Crippen molar-refractivity contribution in [2.75, 3.05) is 12.8 Å². The fraction of sp³-hybridized carbons (Fsp3) is 1.00. The molecule has 0 amide bonds. The summed E-state index contributed by atoms with van der Waals surface area (Å²) in [5.74, 6) is 0. The van der Waals surface area contributed by atoms with Gasteiger partial charge in [-0.1, -0.05) is 0 Å². The minimum Gasteiger partial charge on any atom is -0.315 e. The van der Waals surface area contributed by atoms with E-state index in [9.17, 15) is 8.42 Å². The zero-order valence-electron chi connectivity index (χ0n) is 6.66. The second kappa shape index (κ2) is 3.08. The van der Waals surface area contributed by atoms with Crippen molar-refractivity contribution in [3.8, 4) is 0 Å². The lowest BCUT2D eigenvalue weighted by atomic mass is 10.1. The predicted molar refractivity (Wildman–Crippen MR) is 43.4 cm³/mol. The molecule has 0 aromatic carbocycles. The smallest absolute Gasteiger partial charge is 0.212 e. The summed E-state index contributed by atoms with van der Waals surface area (Å²) >= 11 is 0. The molecule has 66 valence electrons. The van der Waals surface area contributed by atoms with Crippen molar-refractivity contribution in [1.29, 1.82) is 0 Å². The molecule has 0 aromatic rings. The molecule has 0 aromatic heterocycles. The van der Waals surface area contributed by atoms with Crippen LogP contribution in [0.4, 0.5) is 0 Å². The van der Waals surface area contributed by atoms with Crippen molar-refractivity contribution >= 4 is 10.0 Å². The molecule has 1 aliphatic rings. The summed E-state index contributed by atoms with van der Waals surface area (Å²) in [5, 5.41) is 0. The highest BCUT2D eigenvalue weighted by atomic mass is 32.2. The Hall–Kier alpha value is -0.130. The number of nitrogens with zero attached hydrogens (tertiary/aromatic N) is 1. The standard InChI is InChI=1S/C6H14N2O2S/c1-11(9,10)8-5-3-2-4-6(8)7/h6H,2-5,7H2,1H3. The fourth-order valence-corrected chi connectivity index (χ4v) is 2.40. The fourth-order valence-electron chi connectivity index (χ4n) is 1.34. The van der Waals surface area contributed by atoms with Gasteiger partial charge in [-0.3, -0.25) is 0 Å². The topological polar surface area (TPSA) is 63.4 Å². The van der Waals surface area contributed by atoms with Gasteiger partial charge in [0.1, 0.15) is 0 Å². The predicted octanol–water partition coefficient (Wildman–Crippen LogP) is -0.283. The Labute approximate surface area is 67.4 Å². The maximum atomic E-state index is 11.0. The number of piperidine rings is 1. The SMILES string of the molecule is CS(=O)(=O)N1CCCCC1N. The van der Waals surface area contributed by atoms with Crippen LogP contribution < -0.4 is 5.73 Å². The Morgan fingerprint density at radius 3 is 2.45 bits per heavy atom. The highest BCUT2D eigenvalue weighted by Gasteiger charge is 2.25. The molecule has 0 radical (unpaired) electrons. The Bertz CT molecular complexity index is 225. The third-order valence-electron chi connectivity index (χ3n) is 1.92. The summed E-state index contributed by atoms with van der Waals surface area (Å²) < 4.78 is 23.5. The van der Waals surface area contributed by atoms with Gasteiger partial charge in [-0.2, -0.15) is 4.31 Å². The molecular formula is C6H14N2O2S. The van der Waals surface area contributed by atoms with Crippen LogP contribution >= 0.6 is 0 Å². The lowest BCUT2D eigenvalue weighted by Crippen LogP contribution is -2.48. The van der Waals surface area contributed by atoms with E-state index in [-0.39, 0.29) is 6.17 Å². The summed E-state index contributed by atoms with van der Waals surface area (Å²) in [5.41, 5.74) is 5.61. The van der Waals surface area contributed by atoms with Crippen LogP contribution in [0.3, 0.4) is 0 Å². The van der Waals surface area contributed by atoms with Crippen molar-refractivity contribution < 1.29 is 8.42 Å².